The van der Waals surface area contributed by atoms with Crippen molar-refractivity contribution in [3.63, 3.8) is 0 Å². The van der Waals surface area contributed by atoms with Crippen molar-refractivity contribution in [2.24, 2.45) is 5.92 Å². The van der Waals surface area contributed by atoms with Gasteiger partial charge in [0.15, 0.2) is 11.6 Å². The average Bonchev–Trinajstić information content (AvgIpc) is 3.33. The van der Waals surface area contributed by atoms with Crippen LogP contribution in [0.2, 0.25) is 0 Å². The van der Waals surface area contributed by atoms with E-state index in [1.807, 2.05) is 12.1 Å². The van der Waals surface area contributed by atoms with Crippen LogP contribution in [0.1, 0.15) is 63.1 Å². The molecule has 1 heterocycles. The summed E-state index contributed by atoms with van der Waals surface area (Å²) in [6, 6.07) is 25.2. The third-order valence-electron chi connectivity index (χ3n) is 7.89. The average molecular weight is 528 g/mol. The maximum Gasteiger partial charge on any atom is 0.159 e. The van der Waals surface area contributed by atoms with E-state index in [1.54, 1.807) is 6.07 Å². The van der Waals surface area contributed by atoms with Gasteiger partial charge in [-0.1, -0.05) is 99.3 Å². The second-order valence-corrected chi connectivity index (χ2v) is 10.9. The van der Waals surface area contributed by atoms with Gasteiger partial charge in [-0.15, -0.1) is 0 Å². The predicted molar refractivity (Wildman–Crippen MR) is 155 cm³/mol. The molecule has 5 heteroatoms. The van der Waals surface area contributed by atoms with Crippen LogP contribution in [-0.4, -0.2) is 21.0 Å². The van der Waals surface area contributed by atoms with Crippen molar-refractivity contribution in [3.05, 3.63) is 102 Å². The molecule has 1 aliphatic rings. The predicted octanol–water partition coefficient (Wildman–Crippen LogP) is 8.88. The lowest BCUT2D eigenvalue weighted by atomic mass is 9.89. The van der Waals surface area contributed by atoms with E-state index in [2.05, 4.69) is 64.9 Å². The van der Waals surface area contributed by atoms with E-state index in [1.165, 1.54) is 49.9 Å². The molecule has 1 saturated carbocycles. The van der Waals surface area contributed by atoms with Gasteiger partial charge in [-0.2, -0.15) is 0 Å². The Balaban J connectivity index is 1.57. The molecule has 1 aliphatic carbocycles. The normalized spacial score (nSPS) is 14.3. The SMILES string of the molecule is CCCCn1c(-c2ccccc2)nc(-c2ccccc2)c1CN(Cc1ccc(F)c(F)c1)CC1CCCCC1. The summed E-state index contributed by atoms with van der Waals surface area (Å²) in [6.45, 7) is 5.31. The summed E-state index contributed by atoms with van der Waals surface area (Å²) in [5.41, 5.74) is 5.20. The fourth-order valence-electron chi connectivity index (χ4n) is 5.87. The van der Waals surface area contributed by atoms with Crippen LogP contribution in [0.15, 0.2) is 78.9 Å². The van der Waals surface area contributed by atoms with Crippen molar-refractivity contribution in [2.45, 2.75) is 71.5 Å². The van der Waals surface area contributed by atoms with Crippen molar-refractivity contribution in [3.8, 4) is 22.6 Å². The Hall–Kier alpha value is -3.31. The molecule has 3 aromatic carbocycles. The van der Waals surface area contributed by atoms with E-state index in [0.29, 0.717) is 19.0 Å². The molecule has 0 N–H and O–H groups in total. The third-order valence-corrected chi connectivity index (χ3v) is 7.89. The fraction of sp³-hybridized carbons (Fsp3) is 0.382. The van der Waals surface area contributed by atoms with Crippen LogP contribution in [0, 0.1) is 17.6 Å². The maximum atomic E-state index is 14.2. The fourth-order valence-corrected chi connectivity index (χ4v) is 5.87. The molecule has 0 spiro atoms. The first kappa shape index (κ1) is 27.3. The van der Waals surface area contributed by atoms with Gasteiger partial charge in [0.05, 0.1) is 11.4 Å². The molecule has 5 rings (SSSR count). The first-order valence-corrected chi connectivity index (χ1v) is 14.5. The molecule has 1 aromatic heterocycles. The second kappa shape index (κ2) is 13.2. The Morgan fingerprint density at radius 1 is 0.821 bits per heavy atom. The van der Waals surface area contributed by atoms with E-state index in [0.717, 1.165) is 54.1 Å². The number of nitrogens with zero attached hydrogens (tertiary/aromatic N) is 3. The lowest BCUT2D eigenvalue weighted by molar-refractivity contribution is 0.183. The minimum atomic E-state index is -0.797. The molecule has 3 nitrogen and oxygen atoms in total. The number of aromatic nitrogens is 2. The van der Waals surface area contributed by atoms with Crippen LogP contribution in [-0.2, 0) is 19.6 Å². The van der Waals surface area contributed by atoms with Crippen LogP contribution >= 0.6 is 0 Å². The van der Waals surface area contributed by atoms with Gasteiger partial charge < -0.3 is 4.57 Å². The zero-order valence-electron chi connectivity index (χ0n) is 23.0. The highest BCUT2D eigenvalue weighted by molar-refractivity contribution is 5.68. The van der Waals surface area contributed by atoms with E-state index in [-0.39, 0.29) is 0 Å². The molecular weight excluding hydrogens is 488 g/mol. The van der Waals surface area contributed by atoms with Crippen LogP contribution in [0.3, 0.4) is 0 Å². The maximum absolute atomic E-state index is 14.2. The Morgan fingerprint density at radius 2 is 1.51 bits per heavy atom. The van der Waals surface area contributed by atoms with Crippen LogP contribution in [0.25, 0.3) is 22.6 Å². The molecule has 0 bridgehead atoms. The summed E-state index contributed by atoms with van der Waals surface area (Å²) < 4.78 is 30.3. The van der Waals surface area contributed by atoms with Crippen LogP contribution in [0.5, 0.6) is 0 Å². The minimum absolute atomic E-state index is 0.571. The number of hydrogen-bond donors (Lipinski definition) is 0. The summed E-state index contributed by atoms with van der Waals surface area (Å²) in [6.07, 6.45) is 8.45. The molecule has 1 fully saturated rings. The highest BCUT2D eigenvalue weighted by Gasteiger charge is 2.24. The first-order valence-electron chi connectivity index (χ1n) is 14.5. The van der Waals surface area contributed by atoms with E-state index >= 15 is 0 Å². The minimum Gasteiger partial charge on any atom is -0.326 e. The van der Waals surface area contributed by atoms with Gasteiger partial charge in [0, 0.05) is 37.3 Å². The third kappa shape index (κ3) is 6.83. The number of imidazole rings is 1. The van der Waals surface area contributed by atoms with Crippen LogP contribution in [0.4, 0.5) is 8.78 Å². The second-order valence-electron chi connectivity index (χ2n) is 10.9. The lowest BCUT2D eigenvalue weighted by Crippen LogP contribution is -2.31. The summed E-state index contributed by atoms with van der Waals surface area (Å²) >= 11 is 0. The molecular formula is C34H39F2N3. The van der Waals surface area contributed by atoms with Crippen LogP contribution < -0.4 is 0 Å². The monoisotopic (exact) mass is 527 g/mol. The molecule has 0 saturated heterocycles. The highest BCUT2D eigenvalue weighted by atomic mass is 19.2. The van der Waals surface area contributed by atoms with Crippen molar-refractivity contribution in [2.75, 3.05) is 6.54 Å². The van der Waals surface area contributed by atoms with Gasteiger partial charge in [-0.05, 0) is 42.9 Å². The molecule has 0 aliphatic heterocycles. The zero-order valence-corrected chi connectivity index (χ0v) is 23.0. The Morgan fingerprint density at radius 3 is 2.18 bits per heavy atom. The van der Waals surface area contributed by atoms with Gasteiger partial charge in [-0.25, -0.2) is 13.8 Å². The van der Waals surface area contributed by atoms with Gasteiger partial charge in [0.25, 0.3) is 0 Å². The Bertz CT molecular complexity index is 1330. The summed E-state index contributed by atoms with van der Waals surface area (Å²) in [5, 5.41) is 0. The summed E-state index contributed by atoms with van der Waals surface area (Å²) in [5.74, 6) is 0.0247. The number of hydrogen-bond acceptors (Lipinski definition) is 2. The van der Waals surface area contributed by atoms with Crippen molar-refractivity contribution in [1.82, 2.24) is 14.5 Å². The quantitative estimate of drug-likeness (QED) is 0.194. The van der Waals surface area contributed by atoms with Crippen molar-refractivity contribution >= 4 is 0 Å². The number of unbranched alkanes of at least 4 members (excludes halogenated alkanes) is 1. The zero-order chi connectivity index (χ0) is 27.0. The van der Waals surface area contributed by atoms with E-state index in [4.69, 9.17) is 4.98 Å². The molecule has 0 amide bonds. The van der Waals surface area contributed by atoms with Crippen molar-refractivity contribution < 1.29 is 8.78 Å². The van der Waals surface area contributed by atoms with E-state index < -0.39 is 11.6 Å². The number of benzene rings is 3. The molecule has 0 atom stereocenters. The number of halogens is 2. The molecule has 0 radical (unpaired) electrons. The van der Waals surface area contributed by atoms with Gasteiger partial charge in [0.2, 0.25) is 0 Å². The smallest absolute Gasteiger partial charge is 0.159 e. The Labute approximate surface area is 231 Å². The van der Waals surface area contributed by atoms with Gasteiger partial charge >= 0.3 is 0 Å². The van der Waals surface area contributed by atoms with Gasteiger partial charge in [0.1, 0.15) is 5.82 Å². The molecule has 39 heavy (non-hydrogen) atoms. The lowest BCUT2D eigenvalue weighted by Gasteiger charge is -2.30. The highest BCUT2D eigenvalue weighted by Crippen LogP contribution is 2.32. The Kier molecular flexibility index (Phi) is 9.20. The van der Waals surface area contributed by atoms with E-state index in [9.17, 15) is 8.78 Å². The van der Waals surface area contributed by atoms with Gasteiger partial charge in [-0.3, -0.25) is 4.90 Å². The molecule has 0 unspecified atom stereocenters. The van der Waals surface area contributed by atoms with Crippen molar-refractivity contribution in [1.29, 1.82) is 0 Å². The molecule has 204 valence electrons. The first-order chi connectivity index (χ1) is 19.1. The largest absolute Gasteiger partial charge is 0.326 e. The topological polar surface area (TPSA) is 21.1 Å². The standard InChI is InChI=1S/C34H39F2N3/c1-2-3-21-39-32(33(28-15-9-5-10-16-28)37-34(39)29-17-11-6-12-18-29)25-38(23-26-13-7-4-8-14-26)24-27-19-20-30(35)31(36)22-27/h5-6,9-12,15-20,22,26H,2-4,7-8,13-14,21,23-25H2,1H3. The summed E-state index contributed by atoms with van der Waals surface area (Å²) in [4.78, 5) is 7.70. The summed E-state index contributed by atoms with van der Waals surface area (Å²) in [7, 11) is 0. The molecule has 4 aromatic rings. The number of rotatable bonds is 11.